The van der Waals surface area contributed by atoms with E-state index in [9.17, 15) is 23.1 Å². The van der Waals surface area contributed by atoms with Gasteiger partial charge in [-0.05, 0) is 55.2 Å². The van der Waals surface area contributed by atoms with Crippen molar-refractivity contribution in [3.63, 3.8) is 0 Å². The van der Waals surface area contributed by atoms with Crippen molar-refractivity contribution in [3.05, 3.63) is 83.2 Å². The van der Waals surface area contributed by atoms with Crippen molar-refractivity contribution < 1.29 is 23.1 Å². The van der Waals surface area contributed by atoms with Crippen LogP contribution in [0.15, 0.2) is 65.6 Å². The highest BCUT2D eigenvalue weighted by atomic mass is 32.2. The Morgan fingerprint density at radius 3 is 2.42 bits per heavy atom. The van der Waals surface area contributed by atoms with Gasteiger partial charge in [0.15, 0.2) is 0 Å². The van der Waals surface area contributed by atoms with Crippen molar-refractivity contribution >= 4 is 32.9 Å². The number of sulfonamides is 1. The molecule has 1 atom stereocenters. The SMILES string of the molecule is CCCc1nc2c(C)cc(C(=O)O)cc2n1Cc1ccc(-c2ccccc2S(=O)(=O)NC(=O)[C@H](C)N)cc1. The van der Waals surface area contributed by atoms with Crippen LogP contribution in [-0.2, 0) is 27.8 Å². The molecule has 0 saturated heterocycles. The van der Waals surface area contributed by atoms with Crippen molar-refractivity contribution in [2.24, 2.45) is 5.73 Å². The zero-order chi connectivity index (χ0) is 27.6. The van der Waals surface area contributed by atoms with Crippen LogP contribution in [0.3, 0.4) is 0 Å². The van der Waals surface area contributed by atoms with Gasteiger partial charge in [-0.15, -0.1) is 0 Å². The molecule has 0 aliphatic heterocycles. The fourth-order valence-corrected chi connectivity index (χ4v) is 5.64. The topological polar surface area (TPSA) is 144 Å². The van der Waals surface area contributed by atoms with Crippen LogP contribution < -0.4 is 10.5 Å². The third-order valence-corrected chi connectivity index (χ3v) is 7.68. The lowest BCUT2D eigenvalue weighted by molar-refractivity contribution is -0.120. The Kier molecular flexibility index (Phi) is 7.66. The Labute approximate surface area is 221 Å². The molecule has 4 rings (SSSR count). The second kappa shape index (κ2) is 10.8. The van der Waals surface area contributed by atoms with Gasteiger partial charge in [-0.3, -0.25) is 4.79 Å². The quantitative estimate of drug-likeness (QED) is 0.296. The monoisotopic (exact) mass is 534 g/mol. The molecule has 0 aliphatic rings. The summed E-state index contributed by atoms with van der Waals surface area (Å²) in [6, 6.07) is 16.2. The van der Waals surface area contributed by atoms with E-state index in [0.717, 1.165) is 40.8 Å². The number of carbonyl (C=O) groups is 2. The van der Waals surface area contributed by atoms with E-state index in [0.29, 0.717) is 17.7 Å². The molecule has 9 nitrogen and oxygen atoms in total. The predicted molar refractivity (Wildman–Crippen MR) is 145 cm³/mol. The molecule has 0 radical (unpaired) electrons. The van der Waals surface area contributed by atoms with Gasteiger partial charge in [-0.1, -0.05) is 49.4 Å². The number of hydrogen-bond donors (Lipinski definition) is 3. The smallest absolute Gasteiger partial charge is 0.335 e. The average Bonchev–Trinajstić information content (AvgIpc) is 3.22. The van der Waals surface area contributed by atoms with Crippen molar-refractivity contribution in [1.29, 1.82) is 0 Å². The van der Waals surface area contributed by atoms with Crippen LogP contribution in [0, 0.1) is 6.92 Å². The Hall–Kier alpha value is -4.02. The number of aromatic nitrogens is 2. The van der Waals surface area contributed by atoms with E-state index in [4.69, 9.17) is 10.7 Å². The number of hydrogen-bond acceptors (Lipinski definition) is 6. The molecule has 0 bridgehead atoms. The molecule has 1 aromatic heterocycles. The summed E-state index contributed by atoms with van der Waals surface area (Å²) in [5.41, 5.74) is 10.1. The Bertz CT molecular complexity index is 1620. The summed E-state index contributed by atoms with van der Waals surface area (Å²) in [5, 5.41) is 9.55. The zero-order valence-corrected chi connectivity index (χ0v) is 22.2. The van der Waals surface area contributed by atoms with E-state index < -0.39 is 27.9 Å². The Balaban J connectivity index is 1.70. The summed E-state index contributed by atoms with van der Waals surface area (Å²) in [7, 11) is -4.13. The number of aryl methyl sites for hydroxylation is 2. The molecule has 38 heavy (non-hydrogen) atoms. The predicted octanol–water partition coefficient (Wildman–Crippen LogP) is 3.86. The van der Waals surface area contributed by atoms with E-state index in [1.54, 1.807) is 30.3 Å². The summed E-state index contributed by atoms with van der Waals surface area (Å²) in [6.07, 6.45) is 1.63. The van der Waals surface area contributed by atoms with Gasteiger partial charge in [0.1, 0.15) is 5.82 Å². The van der Waals surface area contributed by atoms with Gasteiger partial charge in [0.25, 0.3) is 10.0 Å². The number of nitrogens with two attached hydrogens (primary N) is 1. The molecule has 1 heterocycles. The second-order valence-electron chi connectivity index (χ2n) is 9.28. The number of nitrogens with zero attached hydrogens (tertiary/aromatic N) is 2. The van der Waals surface area contributed by atoms with E-state index >= 15 is 0 Å². The number of rotatable bonds is 9. The standard InChI is InChI=1S/C28H30N4O5S/c1-4-7-25-30-26-17(2)14-21(28(34)35)15-23(26)32(25)16-19-10-12-20(13-11-19)22-8-5-6-9-24(22)38(36,37)31-27(33)18(3)29/h5-6,8-15,18H,4,7,16,29H2,1-3H3,(H,31,33)(H,34,35)/t18-/m0/s1. The van der Waals surface area contributed by atoms with Crippen LogP contribution in [0.2, 0.25) is 0 Å². The molecule has 4 N–H and O–H groups in total. The Morgan fingerprint density at radius 1 is 1.11 bits per heavy atom. The van der Waals surface area contributed by atoms with Crippen molar-refractivity contribution in [2.75, 3.05) is 0 Å². The second-order valence-corrected chi connectivity index (χ2v) is 10.9. The van der Waals surface area contributed by atoms with Crippen LogP contribution in [-0.4, -0.2) is 41.0 Å². The lowest BCUT2D eigenvalue weighted by atomic mass is 10.0. The minimum absolute atomic E-state index is 0.0238. The largest absolute Gasteiger partial charge is 0.478 e. The highest BCUT2D eigenvalue weighted by molar-refractivity contribution is 7.90. The van der Waals surface area contributed by atoms with Crippen LogP contribution >= 0.6 is 0 Å². The number of carboxylic acids is 1. The first kappa shape index (κ1) is 27.0. The van der Waals surface area contributed by atoms with E-state index in [2.05, 4.69) is 6.92 Å². The highest BCUT2D eigenvalue weighted by Gasteiger charge is 2.23. The minimum atomic E-state index is -4.13. The van der Waals surface area contributed by atoms with Crippen LogP contribution in [0.25, 0.3) is 22.2 Å². The van der Waals surface area contributed by atoms with Gasteiger partial charge in [0.2, 0.25) is 5.91 Å². The highest BCUT2D eigenvalue weighted by Crippen LogP contribution is 2.29. The lowest BCUT2D eigenvalue weighted by Crippen LogP contribution is -2.41. The minimum Gasteiger partial charge on any atom is -0.478 e. The fourth-order valence-electron chi connectivity index (χ4n) is 4.35. The first-order chi connectivity index (χ1) is 18.0. The molecule has 0 unspecified atom stereocenters. The molecule has 198 valence electrons. The number of amides is 1. The summed E-state index contributed by atoms with van der Waals surface area (Å²) in [4.78, 5) is 28.4. The number of aromatic carboxylic acids is 1. The number of imidazole rings is 1. The van der Waals surface area contributed by atoms with Gasteiger partial charge in [-0.25, -0.2) is 22.9 Å². The van der Waals surface area contributed by atoms with Gasteiger partial charge in [0.05, 0.1) is 27.5 Å². The molecule has 0 aliphatic carbocycles. The summed E-state index contributed by atoms with van der Waals surface area (Å²) in [6.45, 7) is 5.81. The maximum atomic E-state index is 12.9. The number of fused-ring (bicyclic) bond motifs is 1. The maximum absolute atomic E-state index is 12.9. The fraction of sp³-hybridized carbons (Fsp3) is 0.250. The van der Waals surface area contributed by atoms with Crippen LogP contribution in [0.1, 0.15) is 47.6 Å². The third kappa shape index (κ3) is 5.46. The van der Waals surface area contributed by atoms with Gasteiger partial charge >= 0.3 is 5.97 Å². The normalized spacial score (nSPS) is 12.4. The Morgan fingerprint density at radius 2 is 1.79 bits per heavy atom. The van der Waals surface area contributed by atoms with E-state index in [-0.39, 0.29) is 10.5 Å². The van der Waals surface area contributed by atoms with Crippen LogP contribution in [0.5, 0.6) is 0 Å². The molecule has 0 spiro atoms. The molecule has 0 saturated carbocycles. The number of carboxylic acid groups (broad SMARTS) is 1. The van der Waals surface area contributed by atoms with Crippen molar-refractivity contribution in [3.8, 4) is 11.1 Å². The summed E-state index contributed by atoms with van der Waals surface area (Å²) >= 11 is 0. The third-order valence-electron chi connectivity index (χ3n) is 6.27. The summed E-state index contributed by atoms with van der Waals surface area (Å²) in [5.74, 6) is -0.903. The van der Waals surface area contributed by atoms with Gasteiger partial charge in [-0.2, -0.15) is 0 Å². The molecule has 4 aromatic rings. The number of benzene rings is 3. The lowest BCUT2D eigenvalue weighted by Gasteiger charge is -2.14. The van der Waals surface area contributed by atoms with E-state index in [1.165, 1.54) is 13.0 Å². The number of carbonyl (C=O) groups excluding carboxylic acids is 1. The van der Waals surface area contributed by atoms with Gasteiger partial charge in [0, 0.05) is 18.5 Å². The van der Waals surface area contributed by atoms with Crippen molar-refractivity contribution in [1.82, 2.24) is 14.3 Å². The molecule has 0 fully saturated rings. The summed E-state index contributed by atoms with van der Waals surface area (Å²) < 4.78 is 29.9. The molecule has 10 heteroatoms. The van der Waals surface area contributed by atoms with Crippen molar-refractivity contribution in [2.45, 2.75) is 51.1 Å². The molecular formula is C28H30N4O5S. The van der Waals surface area contributed by atoms with Crippen LogP contribution in [0.4, 0.5) is 0 Å². The average molecular weight is 535 g/mol. The molecular weight excluding hydrogens is 504 g/mol. The first-order valence-electron chi connectivity index (χ1n) is 12.3. The number of nitrogens with one attached hydrogen (secondary N) is 1. The van der Waals surface area contributed by atoms with Gasteiger partial charge < -0.3 is 15.4 Å². The molecule has 1 amide bonds. The molecule has 3 aromatic carbocycles. The first-order valence-corrected chi connectivity index (χ1v) is 13.7. The zero-order valence-electron chi connectivity index (χ0n) is 21.4. The maximum Gasteiger partial charge on any atom is 0.335 e. The van der Waals surface area contributed by atoms with E-state index in [1.807, 2.05) is 40.5 Å².